The molecule has 1 aromatic rings. The van der Waals surface area contributed by atoms with Crippen LogP contribution >= 0.6 is 0 Å². The molecule has 1 rings (SSSR count). The number of nitrogens with zero attached hydrogens (tertiary/aromatic N) is 1. The highest BCUT2D eigenvalue weighted by atomic mass is 16.5. The Morgan fingerprint density at radius 3 is 2.65 bits per heavy atom. The largest absolute Gasteiger partial charge is 0.467 e. The Bertz CT molecular complexity index is 474. The van der Waals surface area contributed by atoms with Crippen molar-refractivity contribution in [2.45, 2.75) is 26.3 Å². The number of hydrogen-bond acceptors (Lipinski definition) is 5. The summed E-state index contributed by atoms with van der Waals surface area (Å²) in [5.41, 5.74) is 0.959. The molecule has 1 atom stereocenters. The monoisotopic (exact) mass is 279 g/mol. The van der Waals surface area contributed by atoms with Crippen molar-refractivity contribution in [1.29, 1.82) is 0 Å². The van der Waals surface area contributed by atoms with Crippen LogP contribution in [0, 0.1) is 5.92 Å². The van der Waals surface area contributed by atoms with E-state index in [9.17, 15) is 9.59 Å². The van der Waals surface area contributed by atoms with E-state index in [1.54, 1.807) is 19.2 Å². The molecule has 110 valence electrons. The van der Waals surface area contributed by atoms with Gasteiger partial charge in [-0.25, -0.2) is 4.79 Å². The molecule has 2 N–H and O–H groups in total. The van der Waals surface area contributed by atoms with Crippen LogP contribution in [0.2, 0.25) is 0 Å². The first-order valence-electron chi connectivity index (χ1n) is 6.50. The van der Waals surface area contributed by atoms with Crippen LogP contribution in [0.4, 0.5) is 5.69 Å². The fourth-order valence-electron chi connectivity index (χ4n) is 1.80. The zero-order valence-corrected chi connectivity index (χ0v) is 12.3. The molecule has 0 saturated heterocycles. The molecule has 6 nitrogen and oxygen atoms in total. The minimum Gasteiger partial charge on any atom is -0.467 e. The van der Waals surface area contributed by atoms with Gasteiger partial charge in [-0.05, 0) is 24.5 Å². The highest BCUT2D eigenvalue weighted by Crippen LogP contribution is 2.14. The van der Waals surface area contributed by atoms with E-state index in [0.717, 1.165) is 0 Å². The summed E-state index contributed by atoms with van der Waals surface area (Å²) in [5, 5.41) is 5.59. The molecule has 0 aromatic carbocycles. The second kappa shape index (κ2) is 7.47. The van der Waals surface area contributed by atoms with Crippen LogP contribution in [0.25, 0.3) is 0 Å². The predicted molar refractivity (Wildman–Crippen MR) is 76.5 cm³/mol. The van der Waals surface area contributed by atoms with Gasteiger partial charge in [0.1, 0.15) is 11.7 Å². The highest BCUT2D eigenvalue weighted by molar-refractivity contribution is 5.93. The number of rotatable bonds is 6. The Hall–Kier alpha value is -2.11. The van der Waals surface area contributed by atoms with Crippen molar-refractivity contribution in [3.8, 4) is 0 Å². The summed E-state index contributed by atoms with van der Waals surface area (Å²) in [6.07, 6.45) is 2.17. The van der Waals surface area contributed by atoms with Crippen LogP contribution < -0.4 is 10.6 Å². The molecule has 0 fully saturated rings. The lowest BCUT2D eigenvalue weighted by molar-refractivity contribution is -0.141. The number of carbonyl (C=O) groups is 2. The number of methoxy groups -OCH3 is 1. The minimum absolute atomic E-state index is 0.271. The molecule has 0 bridgehead atoms. The van der Waals surface area contributed by atoms with Gasteiger partial charge in [0.15, 0.2) is 0 Å². The van der Waals surface area contributed by atoms with E-state index in [1.807, 2.05) is 13.8 Å². The Kier molecular flexibility index (Phi) is 5.96. The molecule has 0 aliphatic heterocycles. The first-order chi connectivity index (χ1) is 9.47. The maximum atomic E-state index is 11.7. The van der Waals surface area contributed by atoms with E-state index < -0.39 is 6.04 Å². The van der Waals surface area contributed by atoms with E-state index in [2.05, 4.69) is 15.6 Å². The Morgan fingerprint density at radius 1 is 1.40 bits per heavy atom. The molecule has 0 aliphatic rings. The Balaban J connectivity index is 2.87. The Labute approximate surface area is 118 Å². The van der Waals surface area contributed by atoms with Crippen LogP contribution in [0.3, 0.4) is 0 Å². The molecule has 1 amide bonds. The summed E-state index contributed by atoms with van der Waals surface area (Å²) >= 11 is 0. The lowest BCUT2D eigenvalue weighted by atomic mass is 10.0. The summed E-state index contributed by atoms with van der Waals surface area (Å²) in [4.78, 5) is 27.2. The third-order valence-corrected chi connectivity index (χ3v) is 2.75. The maximum Gasteiger partial charge on any atom is 0.328 e. The fourth-order valence-corrected chi connectivity index (χ4v) is 1.80. The fraction of sp³-hybridized carbons (Fsp3) is 0.500. The van der Waals surface area contributed by atoms with Gasteiger partial charge in [-0.2, -0.15) is 0 Å². The third kappa shape index (κ3) is 4.53. The van der Waals surface area contributed by atoms with Crippen molar-refractivity contribution in [3.05, 3.63) is 24.0 Å². The van der Waals surface area contributed by atoms with Crippen molar-refractivity contribution in [2.75, 3.05) is 19.5 Å². The molecule has 6 heteroatoms. The summed E-state index contributed by atoms with van der Waals surface area (Å²) in [6.45, 7) is 4.06. The van der Waals surface area contributed by atoms with Crippen molar-refractivity contribution >= 4 is 17.6 Å². The highest BCUT2D eigenvalue weighted by Gasteiger charge is 2.20. The van der Waals surface area contributed by atoms with E-state index >= 15 is 0 Å². The van der Waals surface area contributed by atoms with Crippen molar-refractivity contribution in [2.24, 2.45) is 5.92 Å². The quantitative estimate of drug-likeness (QED) is 0.770. The molecular weight excluding hydrogens is 258 g/mol. The van der Waals surface area contributed by atoms with Crippen LogP contribution in [-0.2, 0) is 9.53 Å². The molecule has 1 heterocycles. The van der Waals surface area contributed by atoms with Crippen LogP contribution in [0.5, 0.6) is 0 Å². The summed E-state index contributed by atoms with van der Waals surface area (Å²) in [6, 6.07) is 2.87. The molecule has 1 unspecified atom stereocenters. The molecule has 0 saturated carbocycles. The topological polar surface area (TPSA) is 80.3 Å². The van der Waals surface area contributed by atoms with Gasteiger partial charge in [0, 0.05) is 18.9 Å². The third-order valence-electron chi connectivity index (χ3n) is 2.75. The first kappa shape index (κ1) is 15.9. The predicted octanol–water partition coefficient (Wildman–Crippen LogP) is 1.44. The molecule has 0 radical (unpaired) electrons. The van der Waals surface area contributed by atoms with Gasteiger partial charge >= 0.3 is 5.97 Å². The van der Waals surface area contributed by atoms with Gasteiger partial charge in [0.05, 0.1) is 7.11 Å². The van der Waals surface area contributed by atoms with E-state index in [1.165, 1.54) is 13.3 Å². The molecule has 20 heavy (non-hydrogen) atoms. The number of ether oxygens (including phenoxy) is 1. The second-order valence-electron chi connectivity index (χ2n) is 4.86. The zero-order valence-electron chi connectivity index (χ0n) is 12.3. The summed E-state index contributed by atoms with van der Waals surface area (Å²) < 4.78 is 4.79. The average Bonchev–Trinajstić information content (AvgIpc) is 2.44. The van der Waals surface area contributed by atoms with Crippen LogP contribution in [-0.4, -0.2) is 37.1 Å². The van der Waals surface area contributed by atoms with Gasteiger partial charge in [0.25, 0.3) is 5.91 Å². The number of amides is 1. The van der Waals surface area contributed by atoms with Crippen molar-refractivity contribution < 1.29 is 14.3 Å². The average molecular weight is 279 g/mol. The van der Waals surface area contributed by atoms with Gasteiger partial charge in [-0.3, -0.25) is 9.78 Å². The first-order valence-corrected chi connectivity index (χ1v) is 6.50. The summed E-state index contributed by atoms with van der Waals surface area (Å²) in [7, 11) is 2.90. The number of anilines is 1. The molecule has 0 aliphatic carbocycles. The van der Waals surface area contributed by atoms with Gasteiger partial charge in [-0.15, -0.1) is 0 Å². The SMILES string of the molecule is CNC(=O)c1cc(NC(CC(C)C)C(=O)OC)ccn1. The van der Waals surface area contributed by atoms with E-state index in [4.69, 9.17) is 4.74 Å². The second-order valence-corrected chi connectivity index (χ2v) is 4.86. The van der Waals surface area contributed by atoms with Gasteiger partial charge in [-0.1, -0.05) is 13.8 Å². The van der Waals surface area contributed by atoms with Gasteiger partial charge in [0.2, 0.25) is 0 Å². The number of esters is 1. The number of nitrogens with one attached hydrogen (secondary N) is 2. The normalized spacial score (nSPS) is 11.8. The van der Waals surface area contributed by atoms with E-state index in [0.29, 0.717) is 23.7 Å². The van der Waals surface area contributed by atoms with Crippen molar-refractivity contribution in [3.63, 3.8) is 0 Å². The Morgan fingerprint density at radius 2 is 2.10 bits per heavy atom. The molecular formula is C14H21N3O3. The number of pyridine rings is 1. The lowest BCUT2D eigenvalue weighted by Gasteiger charge is -2.19. The van der Waals surface area contributed by atoms with Gasteiger partial charge < -0.3 is 15.4 Å². The minimum atomic E-state index is -0.445. The smallest absolute Gasteiger partial charge is 0.328 e. The number of hydrogen-bond donors (Lipinski definition) is 2. The standard InChI is InChI=1S/C14H21N3O3/c1-9(2)7-12(14(19)20-4)17-10-5-6-16-11(8-10)13(18)15-3/h5-6,8-9,12H,7H2,1-4H3,(H,15,18)(H,16,17). The molecule has 1 aromatic heterocycles. The van der Waals surface area contributed by atoms with Crippen LogP contribution in [0.15, 0.2) is 18.3 Å². The number of carbonyl (C=O) groups excluding carboxylic acids is 2. The van der Waals surface area contributed by atoms with Crippen LogP contribution in [0.1, 0.15) is 30.8 Å². The number of aromatic nitrogens is 1. The van der Waals surface area contributed by atoms with E-state index in [-0.39, 0.29) is 11.9 Å². The molecule has 0 spiro atoms. The zero-order chi connectivity index (χ0) is 15.1. The maximum absolute atomic E-state index is 11.7. The van der Waals surface area contributed by atoms with Crippen molar-refractivity contribution in [1.82, 2.24) is 10.3 Å². The lowest BCUT2D eigenvalue weighted by Crippen LogP contribution is -2.32. The summed E-state index contributed by atoms with van der Waals surface area (Å²) in [5.74, 6) is -0.254.